The molecule has 0 spiro atoms. The van der Waals surface area contributed by atoms with E-state index in [1.165, 1.54) is 19.3 Å². The molecule has 2 heterocycles. The number of hydrogen-bond donors (Lipinski definition) is 1. The monoisotopic (exact) mass is 313 g/mol. The highest BCUT2D eigenvalue weighted by molar-refractivity contribution is 5.83. The first-order valence-corrected chi connectivity index (χ1v) is 8.34. The second-order valence-corrected chi connectivity index (χ2v) is 6.31. The molecule has 0 aliphatic heterocycles. The van der Waals surface area contributed by atoms with E-state index in [-0.39, 0.29) is 11.8 Å². The Balaban J connectivity index is 1.72. The topological polar surface area (TPSA) is 68.0 Å². The summed E-state index contributed by atoms with van der Waals surface area (Å²) in [7, 11) is 0. The van der Waals surface area contributed by atoms with Crippen LogP contribution in [-0.2, 0) is 11.3 Å². The fraction of sp³-hybridized carbons (Fsp3) is 0.500. The summed E-state index contributed by atoms with van der Waals surface area (Å²) in [5, 5.41) is 6.95. The lowest BCUT2D eigenvalue weighted by molar-refractivity contribution is -0.124. The van der Waals surface area contributed by atoms with E-state index < -0.39 is 0 Å². The highest BCUT2D eigenvalue weighted by Gasteiger charge is 2.31. The van der Waals surface area contributed by atoms with Crippen LogP contribution in [0.15, 0.2) is 35.1 Å². The first-order chi connectivity index (χ1) is 11.2. The second-order valence-electron chi connectivity index (χ2n) is 6.31. The van der Waals surface area contributed by atoms with Gasteiger partial charge in [0.05, 0.1) is 12.5 Å². The molecule has 23 heavy (non-hydrogen) atoms. The van der Waals surface area contributed by atoms with Crippen molar-refractivity contribution in [2.45, 2.75) is 51.5 Å². The van der Waals surface area contributed by atoms with Crippen LogP contribution in [-0.4, -0.2) is 16.0 Å². The summed E-state index contributed by atoms with van der Waals surface area (Å²) in [5.74, 6) is 1.08. The molecule has 1 amide bonds. The van der Waals surface area contributed by atoms with E-state index in [4.69, 9.17) is 4.52 Å². The molecule has 2 aromatic rings. The smallest absolute Gasteiger partial charge is 0.228 e. The van der Waals surface area contributed by atoms with Gasteiger partial charge < -0.3 is 9.84 Å². The third-order valence-electron chi connectivity index (χ3n) is 4.57. The maximum Gasteiger partial charge on any atom is 0.228 e. The molecule has 1 aliphatic rings. The number of aromatic nitrogens is 2. The molecule has 0 saturated heterocycles. The maximum atomic E-state index is 12.8. The Morgan fingerprint density at radius 3 is 2.87 bits per heavy atom. The van der Waals surface area contributed by atoms with Gasteiger partial charge in [0.15, 0.2) is 0 Å². The fourth-order valence-corrected chi connectivity index (χ4v) is 3.45. The van der Waals surface area contributed by atoms with Crippen molar-refractivity contribution in [3.63, 3.8) is 0 Å². The van der Waals surface area contributed by atoms with Gasteiger partial charge >= 0.3 is 0 Å². The van der Waals surface area contributed by atoms with E-state index in [1.807, 2.05) is 31.3 Å². The highest BCUT2D eigenvalue weighted by Crippen LogP contribution is 2.36. The summed E-state index contributed by atoms with van der Waals surface area (Å²) in [4.78, 5) is 17.0. The van der Waals surface area contributed by atoms with E-state index in [1.54, 1.807) is 6.20 Å². The summed E-state index contributed by atoms with van der Waals surface area (Å²) in [6, 6.07) is 5.76. The van der Waals surface area contributed by atoms with Gasteiger partial charge in [-0.15, -0.1) is 0 Å². The lowest BCUT2D eigenvalue weighted by Gasteiger charge is -2.29. The minimum Gasteiger partial charge on any atom is -0.361 e. The van der Waals surface area contributed by atoms with Crippen molar-refractivity contribution in [2.24, 2.45) is 5.92 Å². The minimum atomic E-state index is -0.128. The van der Waals surface area contributed by atoms with Crippen LogP contribution >= 0.6 is 0 Å². The molecule has 5 heteroatoms. The molecular formula is C18H23N3O2. The van der Waals surface area contributed by atoms with Crippen molar-refractivity contribution >= 4 is 5.91 Å². The number of pyridine rings is 1. The predicted molar refractivity (Wildman–Crippen MR) is 86.6 cm³/mol. The Kier molecular flexibility index (Phi) is 5.05. The first-order valence-electron chi connectivity index (χ1n) is 8.34. The van der Waals surface area contributed by atoms with Gasteiger partial charge in [0.25, 0.3) is 0 Å². The third-order valence-corrected chi connectivity index (χ3v) is 4.57. The summed E-state index contributed by atoms with van der Waals surface area (Å²) < 4.78 is 5.05. The first kappa shape index (κ1) is 15.7. The van der Waals surface area contributed by atoms with Crippen LogP contribution in [0.3, 0.4) is 0 Å². The van der Waals surface area contributed by atoms with Crippen LogP contribution in [0, 0.1) is 12.8 Å². The van der Waals surface area contributed by atoms with Crippen molar-refractivity contribution < 1.29 is 9.32 Å². The van der Waals surface area contributed by atoms with Crippen LogP contribution in [0.25, 0.3) is 0 Å². The van der Waals surface area contributed by atoms with Gasteiger partial charge in [-0.25, -0.2) is 0 Å². The van der Waals surface area contributed by atoms with Crippen LogP contribution in [0.1, 0.15) is 55.0 Å². The SMILES string of the molecule is Cc1cc(CNC(=O)C(c2cccnc2)C2CCCCC2)no1. The van der Waals surface area contributed by atoms with Gasteiger partial charge in [0, 0.05) is 18.5 Å². The molecule has 1 unspecified atom stereocenters. The van der Waals surface area contributed by atoms with Crippen LogP contribution < -0.4 is 5.32 Å². The Bertz CT molecular complexity index is 633. The summed E-state index contributed by atoms with van der Waals surface area (Å²) in [6.45, 7) is 2.25. The Morgan fingerprint density at radius 2 is 2.22 bits per heavy atom. The molecule has 1 atom stereocenters. The summed E-state index contributed by atoms with van der Waals surface area (Å²) >= 11 is 0. The van der Waals surface area contributed by atoms with Crippen LogP contribution in [0.4, 0.5) is 0 Å². The van der Waals surface area contributed by atoms with Crippen molar-refractivity contribution in [1.29, 1.82) is 0 Å². The zero-order valence-corrected chi connectivity index (χ0v) is 13.5. The Morgan fingerprint density at radius 1 is 1.39 bits per heavy atom. The van der Waals surface area contributed by atoms with Gasteiger partial charge in [-0.1, -0.05) is 30.5 Å². The maximum absolute atomic E-state index is 12.8. The van der Waals surface area contributed by atoms with Gasteiger partial charge in [-0.3, -0.25) is 9.78 Å². The molecular weight excluding hydrogens is 290 g/mol. The molecule has 2 aromatic heterocycles. The normalized spacial score (nSPS) is 16.9. The molecule has 1 saturated carbocycles. The van der Waals surface area contributed by atoms with E-state index in [2.05, 4.69) is 15.5 Å². The molecule has 0 aromatic carbocycles. The molecule has 122 valence electrons. The zero-order chi connectivity index (χ0) is 16.1. The number of rotatable bonds is 5. The van der Waals surface area contributed by atoms with Crippen molar-refractivity contribution in [1.82, 2.24) is 15.5 Å². The average molecular weight is 313 g/mol. The molecule has 1 aliphatic carbocycles. The molecule has 1 fully saturated rings. The van der Waals surface area contributed by atoms with E-state index >= 15 is 0 Å². The standard InChI is InChI=1S/C18H23N3O2/c1-13-10-16(21-23-13)12-20-18(22)17(14-6-3-2-4-7-14)15-8-5-9-19-11-15/h5,8-11,14,17H,2-4,6-7,12H2,1H3,(H,20,22). The number of nitrogens with zero attached hydrogens (tertiary/aromatic N) is 2. The zero-order valence-electron chi connectivity index (χ0n) is 13.5. The van der Waals surface area contributed by atoms with E-state index in [9.17, 15) is 4.79 Å². The van der Waals surface area contributed by atoms with Gasteiger partial charge in [0.1, 0.15) is 11.5 Å². The average Bonchev–Trinajstić information content (AvgIpc) is 3.01. The van der Waals surface area contributed by atoms with Gasteiger partial charge in [-0.2, -0.15) is 0 Å². The minimum absolute atomic E-state index is 0.0607. The number of aryl methyl sites for hydroxylation is 1. The van der Waals surface area contributed by atoms with Crippen molar-refractivity contribution in [3.8, 4) is 0 Å². The van der Waals surface area contributed by atoms with Crippen LogP contribution in [0.2, 0.25) is 0 Å². The largest absolute Gasteiger partial charge is 0.361 e. The van der Waals surface area contributed by atoms with Gasteiger partial charge in [0.2, 0.25) is 5.91 Å². The molecule has 0 radical (unpaired) electrons. The van der Waals surface area contributed by atoms with Gasteiger partial charge in [-0.05, 0) is 37.3 Å². The van der Waals surface area contributed by atoms with E-state index in [0.717, 1.165) is 29.9 Å². The Hall–Kier alpha value is -2.17. The third kappa shape index (κ3) is 3.97. The quantitative estimate of drug-likeness (QED) is 0.919. The number of hydrogen-bond acceptors (Lipinski definition) is 4. The van der Waals surface area contributed by atoms with Crippen molar-refractivity contribution in [3.05, 3.63) is 47.6 Å². The highest BCUT2D eigenvalue weighted by atomic mass is 16.5. The second kappa shape index (κ2) is 7.40. The van der Waals surface area contributed by atoms with Crippen LogP contribution in [0.5, 0.6) is 0 Å². The number of amides is 1. The van der Waals surface area contributed by atoms with E-state index in [0.29, 0.717) is 12.5 Å². The fourth-order valence-electron chi connectivity index (χ4n) is 3.45. The lowest BCUT2D eigenvalue weighted by Crippen LogP contribution is -2.34. The molecule has 5 nitrogen and oxygen atoms in total. The number of carbonyl (C=O) groups is 1. The molecule has 1 N–H and O–H groups in total. The number of nitrogens with one attached hydrogen (secondary N) is 1. The van der Waals surface area contributed by atoms with Crippen molar-refractivity contribution in [2.75, 3.05) is 0 Å². The summed E-state index contributed by atoms with van der Waals surface area (Å²) in [5.41, 5.74) is 1.76. The number of carbonyl (C=O) groups excluding carboxylic acids is 1. The molecule has 0 bridgehead atoms. The Labute approximate surface area is 136 Å². The lowest BCUT2D eigenvalue weighted by atomic mass is 9.76. The molecule has 3 rings (SSSR count). The predicted octanol–water partition coefficient (Wildman–Crippen LogP) is 3.36. The summed E-state index contributed by atoms with van der Waals surface area (Å²) in [6.07, 6.45) is 9.47.